The van der Waals surface area contributed by atoms with Gasteiger partial charge in [-0.2, -0.15) is 13.2 Å². The molecule has 6 heteroatoms. The number of hydrogen-bond donors (Lipinski definition) is 0. The molecule has 0 N–H and O–H groups in total. The van der Waals surface area contributed by atoms with Crippen LogP contribution < -0.4 is 4.74 Å². The van der Waals surface area contributed by atoms with Crippen molar-refractivity contribution in [1.82, 2.24) is 4.90 Å². The average molecular weight is 249 g/mol. The maximum atomic E-state index is 12.2. The van der Waals surface area contributed by atoms with Crippen molar-refractivity contribution in [3.8, 4) is 5.75 Å². The number of halogens is 3. The molecule has 0 heterocycles. The largest absolute Gasteiger partial charge is 0.432 e. The van der Waals surface area contributed by atoms with E-state index in [1.54, 1.807) is 19.0 Å². The normalized spacial score (nSPS) is 11.1. The first-order valence-electron chi connectivity index (χ1n) is 4.37. The molecular weight excluding hydrogens is 239 g/mol. The van der Waals surface area contributed by atoms with Gasteiger partial charge >= 0.3 is 6.18 Å². The molecule has 0 spiro atoms. The molecule has 0 saturated heterocycles. The second kappa shape index (κ2) is 4.69. The predicted octanol–water partition coefficient (Wildman–Crippen LogP) is 2.93. The molecule has 0 fully saturated rings. The molecule has 1 aromatic carbocycles. The summed E-state index contributed by atoms with van der Waals surface area (Å²) in [6, 6.07) is 4.37. The molecule has 0 aromatic heterocycles. The van der Waals surface area contributed by atoms with Gasteiger partial charge in [0.05, 0.1) is 5.56 Å². The maximum absolute atomic E-state index is 12.2. The van der Waals surface area contributed by atoms with Crippen LogP contribution in [0.1, 0.15) is 5.56 Å². The molecule has 0 saturated carbocycles. The highest BCUT2D eigenvalue weighted by Gasteiger charge is 2.30. The number of rotatable bonds is 1. The van der Waals surface area contributed by atoms with Gasteiger partial charge in [-0.1, -0.05) is 0 Å². The van der Waals surface area contributed by atoms with Gasteiger partial charge in [-0.05, 0) is 36.5 Å². The van der Waals surface area contributed by atoms with E-state index < -0.39 is 11.7 Å². The minimum absolute atomic E-state index is 0.194. The lowest BCUT2D eigenvalue weighted by Crippen LogP contribution is -2.24. The maximum Gasteiger partial charge on any atom is 0.416 e. The molecule has 2 nitrogen and oxygen atoms in total. The summed E-state index contributed by atoms with van der Waals surface area (Å²) in [5.41, 5.74) is -0.712. The van der Waals surface area contributed by atoms with Gasteiger partial charge in [0.1, 0.15) is 5.75 Å². The molecule has 88 valence electrons. The third kappa shape index (κ3) is 3.37. The van der Waals surface area contributed by atoms with Crippen molar-refractivity contribution >= 4 is 17.4 Å². The SMILES string of the molecule is CN(C)C(=S)Oc1ccc(C(F)(F)F)cc1. The van der Waals surface area contributed by atoms with Gasteiger partial charge in [0.15, 0.2) is 0 Å². The van der Waals surface area contributed by atoms with Gasteiger partial charge in [-0.3, -0.25) is 0 Å². The van der Waals surface area contributed by atoms with Gasteiger partial charge < -0.3 is 9.64 Å². The molecule has 0 atom stereocenters. The Morgan fingerprint density at radius 3 is 2.06 bits per heavy atom. The summed E-state index contributed by atoms with van der Waals surface area (Å²) in [7, 11) is 3.37. The van der Waals surface area contributed by atoms with E-state index in [2.05, 4.69) is 0 Å². The summed E-state index contributed by atoms with van der Waals surface area (Å²) < 4.78 is 41.8. The van der Waals surface area contributed by atoms with E-state index in [0.29, 0.717) is 0 Å². The van der Waals surface area contributed by atoms with E-state index >= 15 is 0 Å². The summed E-state index contributed by atoms with van der Waals surface area (Å²) >= 11 is 4.85. The van der Waals surface area contributed by atoms with E-state index in [4.69, 9.17) is 17.0 Å². The topological polar surface area (TPSA) is 12.5 Å². The lowest BCUT2D eigenvalue weighted by Gasteiger charge is -2.14. The van der Waals surface area contributed by atoms with E-state index in [-0.39, 0.29) is 10.9 Å². The Morgan fingerprint density at radius 2 is 1.69 bits per heavy atom. The van der Waals surface area contributed by atoms with Crippen molar-refractivity contribution in [2.45, 2.75) is 6.18 Å². The molecule has 0 unspecified atom stereocenters. The number of thiocarbonyl (C=S) groups is 1. The van der Waals surface area contributed by atoms with E-state index in [1.807, 2.05) is 0 Å². The number of hydrogen-bond acceptors (Lipinski definition) is 2. The average Bonchev–Trinajstić information content (AvgIpc) is 2.17. The third-order valence-electron chi connectivity index (χ3n) is 1.75. The quantitative estimate of drug-likeness (QED) is 0.710. The Morgan fingerprint density at radius 1 is 1.19 bits per heavy atom. The highest BCUT2D eigenvalue weighted by Crippen LogP contribution is 2.30. The standard InChI is InChI=1S/C10H10F3NOS/c1-14(2)9(16)15-8-5-3-7(4-6-8)10(11,12)13/h3-6H,1-2H3. The summed E-state index contributed by atoms with van der Waals surface area (Å²) in [4.78, 5) is 1.55. The Bertz CT molecular complexity index is 373. The van der Waals surface area contributed by atoms with Crippen LogP contribution in [0.25, 0.3) is 0 Å². The molecule has 0 radical (unpaired) electrons. The van der Waals surface area contributed by atoms with E-state index in [1.165, 1.54) is 12.1 Å². The molecule has 1 aromatic rings. The van der Waals surface area contributed by atoms with Crippen LogP contribution >= 0.6 is 12.2 Å². The highest BCUT2D eigenvalue weighted by molar-refractivity contribution is 7.80. The number of ether oxygens (including phenoxy) is 1. The molecular formula is C10H10F3NOS. The van der Waals surface area contributed by atoms with Crippen LogP contribution in [0, 0.1) is 0 Å². The summed E-state index contributed by atoms with van der Waals surface area (Å²) in [6.45, 7) is 0. The van der Waals surface area contributed by atoms with Gasteiger partial charge in [-0.25, -0.2) is 0 Å². The fourth-order valence-corrected chi connectivity index (χ4v) is 1.00. The zero-order valence-electron chi connectivity index (χ0n) is 8.71. The first-order valence-corrected chi connectivity index (χ1v) is 4.78. The summed E-state index contributed by atoms with van der Waals surface area (Å²) in [5, 5.41) is 0.194. The summed E-state index contributed by atoms with van der Waals surface area (Å²) in [6.07, 6.45) is -4.33. The van der Waals surface area contributed by atoms with Gasteiger partial charge in [0.2, 0.25) is 0 Å². The lowest BCUT2D eigenvalue weighted by atomic mass is 10.2. The van der Waals surface area contributed by atoms with Crippen LogP contribution in [0.5, 0.6) is 5.75 Å². The number of nitrogens with zero attached hydrogens (tertiary/aromatic N) is 1. The molecule has 1 rings (SSSR count). The zero-order valence-corrected chi connectivity index (χ0v) is 9.52. The van der Waals surface area contributed by atoms with Crippen molar-refractivity contribution in [3.63, 3.8) is 0 Å². The third-order valence-corrected chi connectivity index (χ3v) is 2.20. The fourth-order valence-electron chi connectivity index (χ4n) is 0.904. The summed E-state index contributed by atoms with van der Waals surface area (Å²) in [5.74, 6) is 0.284. The smallest absolute Gasteiger partial charge is 0.416 e. The van der Waals surface area contributed by atoms with Gasteiger partial charge in [0.25, 0.3) is 5.17 Å². The lowest BCUT2D eigenvalue weighted by molar-refractivity contribution is -0.137. The Kier molecular flexibility index (Phi) is 3.74. The van der Waals surface area contributed by atoms with Crippen molar-refractivity contribution < 1.29 is 17.9 Å². The Labute approximate surface area is 96.6 Å². The molecule has 0 amide bonds. The predicted molar refractivity (Wildman–Crippen MR) is 58.4 cm³/mol. The van der Waals surface area contributed by atoms with E-state index in [0.717, 1.165) is 12.1 Å². The Balaban J connectivity index is 2.76. The minimum Gasteiger partial charge on any atom is -0.432 e. The molecule has 0 bridgehead atoms. The van der Waals surface area contributed by atoms with Crippen molar-refractivity contribution in [1.29, 1.82) is 0 Å². The highest BCUT2D eigenvalue weighted by atomic mass is 32.1. The van der Waals surface area contributed by atoms with Crippen LogP contribution in [-0.2, 0) is 6.18 Å². The minimum atomic E-state index is -4.33. The van der Waals surface area contributed by atoms with Crippen molar-refractivity contribution in [2.75, 3.05) is 14.1 Å². The fraction of sp³-hybridized carbons (Fsp3) is 0.300. The molecule has 0 aliphatic rings. The van der Waals surface area contributed by atoms with Crippen molar-refractivity contribution in [3.05, 3.63) is 29.8 Å². The molecule has 0 aliphatic carbocycles. The van der Waals surface area contributed by atoms with Crippen LogP contribution in [0.15, 0.2) is 24.3 Å². The Hall–Kier alpha value is -1.30. The molecule has 0 aliphatic heterocycles. The second-order valence-corrected chi connectivity index (χ2v) is 3.63. The van der Waals surface area contributed by atoms with Crippen molar-refractivity contribution in [2.24, 2.45) is 0 Å². The first-order chi connectivity index (χ1) is 7.30. The van der Waals surface area contributed by atoms with Crippen LogP contribution in [-0.4, -0.2) is 24.2 Å². The van der Waals surface area contributed by atoms with Gasteiger partial charge in [-0.15, -0.1) is 0 Å². The van der Waals surface area contributed by atoms with Crippen LogP contribution in [0.4, 0.5) is 13.2 Å². The number of alkyl halides is 3. The first kappa shape index (κ1) is 12.8. The van der Waals surface area contributed by atoms with Gasteiger partial charge in [0, 0.05) is 14.1 Å². The van der Waals surface area contributed by atoms with Crippen LogP contribution in [0.2, 0.25) is 0 Å². The van der Waals surface area contributed by atoms with E-state index in [9.17, 15) is 13.2 Å². The number of benzene rings is 1. The second-order valence-electron chi connectivity index (χ2n) is 3.28. The van der Waals surface area contributed by atoms with Crippen LogP contribution in [0.3, 0.4) is 0 Å². The monoisotopic (exact) mass is 249 g/mol. The zero-order chi connectivity index (χ0) is 12.3. The molecule has 16 heavy (non-hydrogen) atoms.